The molecule has 0 amide bonds. The predicted octanol–water partition coefficient (Wildman–Crippen LogP) is 3.23. The highest BCUT2D eigenvalue weighted by molar-refractivity contribution is 5.64. The molecule has 1 aromatic rings. The van der Waals surface area contributed by atoms with E-state index in [-0.39, 0.29) is 28.6 Å². The zero-order valence-electron chi connectivity index (χ0n) is 14.3. The minimum Gasteiger partial charge on any atom is -0.504 e. The number of hydrogen-bond donors (Lipinski definition) is 1. The maximum atomic E-state index is 10.5. The van der Waals surface area contributed by atoms with Crippen molar-refractivity contribution in [1.29, 1.82) is 5.26 Å². The summed E-state index contributed by atoms with van der Waals surface area (Å²) in [6.07, 6.45) is 9.55. The van der Waals surface area contributed by atoms with Crippen LogP contribution >= 0.6 is 0 Å². The topological polar surface area (TPSA) is 62.5 Å². The van der Waals surface area contributed by atoms with Crippen molar-refractivity contribution in [1.82, 2.24) is 0 Å². The van der Waals surface area contributed by atoms with Crippen LogP contribution in [-0.4, -0.2) is 23.9 Å². The molecule has 0 aromatic heterocycles. The van der Waals surface area contributed by atoms with E-state index in [1.165, 1.54) is 24.0 Å². The van der Waals surface area contributed by atoms with Gasteiger partial charge in [-0.3, -0.25) is 0 Å². The number of methoxy groups -OCH3 is 1. The first-order chi connectivity index (χ1) is 12.1. The van der Waals surface area contributed by atoms with Gasteiger partial charge < -0.3 is 14.6 Å². The Labute approximate surface area is 147 Å². The normalized spacial score (nSPS) is 47.1. The average molecular weight is 335 g/mol. The summed E-state index contributed by atoms with van der Waals surface area (Å²) in [5.74, 6) is 1.20. The fourth-order valence-corrected chi connectivity index (χ4v) is 7.31. The number of rotatable bonds is 1. The monoisotopic (exact) mass is 335 g/mol. The van der Waals surface area contributed by atoms with E-state index in [0.717, 1.165) is 19.3 Å². The highest BCUT2D eigenvalue weighted by Crippen LogP contribution is 2.76. The molecule has 2 saturated carbocycles. The number of hydrogen-bond acceptors (Lipinski definition) is 4. The number of fused-ring (bicyclic) bond motifs is 1. The summed E-state index contributed by atoms with van der Waals surface area (Å²) in [7, 11) is 1.69. The van der Waals surface area contributed by atoms with E-state index < -0.39 is 5.60 Å². The van der Waals surface area contributed by atoms with Crippen LogP contribution in [0.25, 0.3) is 0 Å². The molecule has 1 aliphatic heterocycles. The fourth-order valence-electron chi connectivity index (χ4n) is 7.31. The van der Waals surface area contributed by atoms with Crippen molar-refractivity contribution >= 4 is 0 Å². The van der Waals surface area contributed by atoms with Crippen LogP contribution in [0.1, 0.15) is 36.8 Å². The molecule has 0 radical (unpaired) electrons. The third kappa shape index (κ3) is 1.19. The van der Waals surface area contributed by atoms with E-state index in [2.05, 4.69) is 24.3 Å². The molecule has 7 rings (SSSR count). The molecule has 4 nitrogen and oxygen atoms in total. The minimum atomic E-state index is -0.724. The van der Waals surface area contributed by atoms with E-state index in [0.29, 0.717) is 11.7 Å². The number of nitriles is 1. The predicted molar refractivity (Wildman–Crippen MR) is 90.3 cm³/mol. The van der Waals surface area contributed by atoms with Gasteiger partial charge in [-0.15, -0.1) is 0 Å². The van der Waals surface area contributed by atoms with Crippen molar-refractivity contribution in [3.8, 4) is 17.6 Å². The van der Waals surface area contributed by atoms with Gasteiger partial charge in [0, 0.05) is 23.5 Å². The molecule has 0 unspecified atom stereocenters. The molecule has 1 heterocycles. The molecule has 6 aliphatic rings. The smallest absolute Gasteiger partial charge is 0.165 e. The van der Waals surface area contributed by atoms with Gasteiger partial charge in [-0.05, 0) is 43.2 Å². The number of phenolic OH excluding ortho intramolecular Hbond substituents is 1. The quantitative estimate of drug-likeness (QED) is 0.801. The van der Waals surface area contributed by atoms with Crippen molar-refractivity contribution in [2.45, 2.75) is 49.2 Å². The molecule has 128 valence electrons. The fraction of sp³-hybridized carbons (Fsp3) is 0.571. The molecule has 2 fully saturated rings. The molecule has 5 aliphatic carbocycles. The summed E-state index contributed by atoms with van der Waals surface area (Å²) < 4.78 is 12.5. The summed E-state index contributed by atoms with van der Waals surface area (Å²) in [6.45, 7) is 0. The van der Waals surface area contributed by atoms with Crippen LogP contribution in [0.3, 0.4) is 0 Å². The molecule has 6 atom stereocenters. The largest absolute Gasteiger partial charge is 0.504 e. The lowest BCUT2D eigenvalue weighted by Gasteiger charge is -2.68. The van der Waals surface area contributed by atoms with Crippen LogP contribution in [0.5, 0.6) is 11.5 Å². The van der Waals surface area contributed by atoms with Gasteiger partial charge in [0.2, 0.25) is 0 Å². The lowest BCUT2D eigenvalue weighted by atomic mass is 9.35. The lowest BCUT2D eigenvalue weighted by molar-refractivity contribution is -0.196. The average Bonchev–Trinajstić information content (AvgIpc) is 2.99. The Morgan fingerprint density at radius 2 is 2.24 bits per heavy atom. The van der Waals surface area contributed by atoms with Crippen LogP contribution in [0, 0.1) is 28.6 Å². The van der Waals surface area contributed by atoms with E-state index >= 15 is 0 Å². The standard InChI is InChI=1S/C21H21NO3/c1-24-21-8-7-19(10-14(21)11-22)13-3-2-6-20(19)16-12(9-13)4-5-15(23)17(16)25-18(20)21/h4-5,7-8,13-14,18,23H,2-3,6,9-10H2,1H3/t13-,14+,18-,19-,20+,21-/m1/s1. The lowest BCUT2D eigenvalue weighted by Crippen LogP contribution is -2.74. The van der Waals surface area contributed by atoms with Gasteiger partial charge in [0.1, 0.15) is 11.7 Å². The summed E-state index contributed by atoms with van der Waals surface area (Å²) in [6, 6.07) is 6.38. The van der Waals surface area contributed by atoms with Crippen molar-refractivity contribution in [2.75, 3.05) is 7.11 Å². The Morgan fingerprint density at radius 1 is 1.36 bits per heavy atom. The molecule has 4 heteroatoms. The number of aromatic hydroxyl groups is 1. The maximum absolute atomic E-state index is 10.5. The Hall–Kier alpha value is -1.99. The van der Waals surface area contributed by atoms with Gasteiger partial charge in [0.15, 0.2) is 11.5 Å². The second-order valence-corrected chi connectivity index (χ2v) is 8.53. The van der Waals surface area contributed by atoms with Gasteiger partial charge in [-0.2, -0.15) is 5.26 Å². The first kappa shape index (κ1) is 14.2. The van der Waals surface area contributed by atoms with Gasteiger partial charge in [0.05, 0.1) is 12.0 Å². The van der Waals surface area contributed by atoms with Crippen molar-refractivity contribution < 1.29 is 14.6 Å². The van der Waals surface area contributed by atoms with Gasteiger partial charge in [0.25, 0.3) is 0 Å². The Balaban J connectivity index is 1.75. The van der Waals surface area contributed by atoms with Gasteiger partial charge >= 0.3 is 0 Å². The Bertz CT molecular complexity index is 886. The summed E-state index contributed by atoms with van der Waals surface area (Å²) >= 11 is 0. The minimum absolute atomic E-state index is 0.0391. The Morgan fingerprint density at radius 3 is 3.04 bits per heavy atom. The highest BCUT2D eigenvalue weighted by Gasteiger charge is 2.78. The summed E-state index contributed by atoms with van der Waals surface area (Å²) in [5, 5.41) is 20.4. The zero-order valence-corrected chi connectivity index (χ0v) is 14.3. The van der Waals surface area contributed by atoms with Crippen molar-refractivity contribution in [3.63, 3.8) is 0 Å². The van der Waals surface area contributed by atoms with Crippen LogP contribution in [0.2, 0.25) is 0 Å². The molecule has 2 spiro atoms. The second-order valence-electron chi connectivity index (χ2n) is 8.53. The van der Waals surface area contributed by atoms with E-state index in [9.17, 15) is 10.4 Å². The molecule has 1 aromatic carbocycles. The van der Waals surface area contributed by atoms with Crippen LogP contribution in [-0.2, 0) is 16.6 Å². The summed E-state index contributed by atoms with van der Waals surface area (Å²) in [4.78, 5) is 0. The van der Waals surface area contributed by atoms with Gasteiger partial charge in [-0.25, -0.2) is 0 Å². The zero-order chi connectivity index (χ0) is 17.0. The second kappa shape index (κ2) is 4.04. The number of ether oxygens (including phenoxy) is 2. The Kier molecular flexibility index (Phi) is 2.30. The van der Waals surface area contributed by atoms with Crippen LogP contribution in [0.4, 0.5) is 0 Å². The molecule has 0 saturated heterocycles. The number of nitrogens with zero attached hydrogens (tertiary/aromatic N) is 1. The van der Waals surface area contributed by atoms with E-state index in [4.69, 9.17) is 9.47 Å². The van der Waals surface area contributed by atoms with E-state index in [1.807, 2.05) is 0 Å². The third-order valence-corrected chi connectivity index (χ3v) is 8.15. The number of benzene rings is 1. The summed E-state index contributed by atoms with van der Waals surface area (Å²) in [5.41, 5.74) is 1.62. The molecule has 25 heavy (non-hydrogen) atoms. The first-order valence-corrected chi connectivity index (χ1v) is 9.30. The third-order valence-electron chi connectivity index (χ3n) is 8.15. The molecular weight excluding hydrogens is 314 g/mol. The molecular formula is C21H21NO3. The SMILES string of the molecule is CO[C@]12C=C[C@@]3(C[C@H]1C#N)[C@@H]1CCC[C@@]34c3c(ccc(O)c3O[C@@H]24)C1. The maximum Gasteiger partial charge on any atom is 0.165 e. The van der Waals surface area contributed by atoms with Crippen LogP contribution in [0.15, 0.2) is 24.3 Å². The number of phenols is 1. The highest BCUT2D eigenvalue weighted by atomic mass is 16.6. The number of allylic oxidation sites excluding steroid dienone is 1. The van der Waals surface area contributed by atoms with Crippen molar-refractivity contribution in [2.24, 2.45) is 17.3 Å². The van der Waals surface area contributed by atoms with Gasteiger partial charge in [-0.1, -0.05) is 24.6 Å². The molecule has 4 bridgehead atoms. The first-order valence-electron chi connectivity index (χ1n) is 9.30. The molecule has 1 N–H and O–H groups in total. The van der Waals surface area contributed by atoms with Crippen molar-refractivity contribution in [3.05, 3.63) is 35.4 Å². The van der Waals surface area contributed by atoms with Crippen LogP contribution < -0.4 is 4.74 Å². The van der Waals surface area contributed by atoms with E-state index in [1.54, 1.807) is 13.2 Å².